The minimum Gasteiger partial charge on any atom is -0.445 e. The molecular weight excluding hydrogens is 260 g/mol. The maximum absolute atomic E-state index is 12.0. The standard InChI is InChI=1S/C14H14N2O2S/c17-14(18-9-11-4-2-1-3-5-11)16-7-6-12-13(8-16)19-10-15-12/h1-5,10H,6-9H2. The van der Waals surface area contributed by atoms with E-state index in [1.54, 1.807) is 16.2 Å². The maximum atomic E-state index is 12.0. The summed E-state index contributed by atoms with van der Waals surface area (Å²) in [6, 6.07) is 9.72. The summed E-state index contributed by atoms with van der Waals surface area (Å²) in [5.41, 5.74) is 3.96. The van der Waals surface area contributed by atoms with Crippen LogP contribution in [-0.2, 0) is 24.3 Å². The topological polar surface area (TPSA) is 42.4 Å². The fraction of sp³-hybridized carbons (Fsp3) is 0.286. The quantitative estimate of drug-likeness (QED) is 0.845. The Bertz CT molecular complexity index is 568. The molecule has 0 bridgehead atoms. The van der Waals surface area contributed by atoms with Crippen LogP contribution in [0.25, 0.3) is 0 Å². The van der Waals surface area contributed by atoms with Gasteiger partial charge in [0.25, 0.3) is 0 Å². The van der Waals surface area contributed by atoms with Crippen molar-refractivity contribution in [3.63, 3.8) is 0 Å². The Labute approximate surface area is 115 Å². The Hall–Kier alpha value is -1.88. The summed E-state index contributed by atoms with van der Waals surface area (Å²) in [5.74, 6) is 0. The highest BCUT2D eigenvalue weighted by atomic mass is 32.1. The molecule has 0 atom stereocenters. The zero-order valence-electron chi connectivity index (χ0n) is 10.4. The van der Waals surface area contributed by atoms with Crippen LogP contribution in [0.15, 0.2) is 35.8 Å². The summed E-state index contributed by atoms with van der Waals surface area (Å²) in [5, 5.41) is 0. The number of hydrogen-bond donors (Lipinski definition) is 0. The summed E-state index contributed by atoms with van der Waals surface area (Å²) < 4.78 is 5.33. The predicted molar refractivity (Wildman–Crippen MR) is 72.9 cm³/mol. The van der Waals surface area contributed by atoms with Crippen molar-refractivity contribution in [1.29, 1.82) is 0 Å². The molecule has 98 valence electrons. The van der Waals surface area contributed by atoms with Gasteiger partial charge < -0.3 is 9.64 Å². The zero-order valence-corrected chi connectivity index (χ0v) is 11.2. The summed E-state index contributed by atoms with van der Waals surface area (Å²) >= 11 is 1.60. The van der Waals surface area contributed by atoms with Gasteiger partial charge in [0.15, 0.2) is 0 Å². The first kappa shape index (κ1) is 12.2. The van der Waals surface area contributed by atoms with Crippen LogP contribution in [-0.4, -0.2) is 22.5 Å². The van der Waals surface area contributed by atoms with E-state index in [9.17, 15) is 4.79 Å². The molecule has 1 aromatic carbocycles. The van der Waals surface area contributed by atoms with Crippen molar-refractivity contribution in [3.05, 3.63) is 52.0 Å². The van der Waals surface area contributed by atoms with Gasteiger partial charge in [-0.3, -0.25) is 0 Å². The van der Waals surface area contributed by atoms with Crippen LogP contribution in [0.1, 0.15) is 16.1 Å². The normalized spacial score (nSPS) is 14.0. The second-order valence-corrected chi connectivity index (χ2v) is 5.37. The molecule has 0 saturated heterocycles. The van der Waals surface area contributed by atoms with E-state index in [1.165, 1.54) is 4.88 Å². The lowest BCUT2D eigenvalue weighted by atomic mass is 10.2. The predicted octanol–water partition coefficient (Wildman–Crippen LogP) is 2.84. The number of thiazole rings is 1. The minimum absolute atomic E-state index is 0.247. The Morgan fingerprint density at radius 1 is 1.37 bits per heavy atom. The molecule has 5 heteroatoms. The minimum atomic E-state index is -0.247. The fourth-order valence-electron chi connectivity index (χ4n) is 2.09. The first-order valence-corrected chi connectivity index (χ1v) is 7.08. The SMILES string of the molecule is O=C(OCc1ccccc1)N1CCc2ncsc2C1. The number of rotatable bonds is 2. The lowest BCUT2D eigenvalue weighted by Gasteiger charge is -2.25. The van der Waals surface area contributed by atoms with Crippen molar-refractivity contribution in [3.8, 4) is 0 Å². The second kappa shape index (κ2) is 5.40. The van der Waals surface area contributed by atoms with Crippen molar-refractivity contribution < 1.29 is 9.53 Å². The van der Waals surface area contributed by atoms with Crippen LogP contribution >= 0.6 is 11.3 Å². The van der Waals surface area contributed by atoms with Gasteiger partial charge >= 0.3 is 6.09 Å². The number of carbonyl (C=O) groups excluding carboxylic acids is 1. The molecule has 0 N–H and O–H groups in total. The highest BCUT2D eigenvalue weighted by molar-refractivity contribution is 7.09. The highest BCUT2D eigenvalue weighted by Crippen LogP contribution is 2.22. The van der Waals surface area contributed by atoms with E-state index in [1.807, 2.05) is 35.8 Å². The third kappa shape index (κ3) is 2.76. The first-order chi connectivity index (χ1) is 9.33. The number of ether oxygens (including phenoxy) is 1. The molecule has 0 saturated carbocycles. The van der Waals surface area contributed by atoms with Gasteiger partial charge in [-0.1, -0.05) is 30.3 Å². The van der Waals surface area contributed by atoms with Gasteiger partial charge in [-0.25, -0.2) is 9.78 Å². The average molecular weight is 274 g/mol. The van der Waals surface area contributed by atoms with Crippen LogP contribution in [0.4, 0.5) is 4.79 Å². The lowest BCUT2D eigenvalue weighted by Crippen LogP contribution is -2.35. The van der Waals surface area contributed by atoms with Gasteiger partial charge in [0, 0.05) is 17.8 Å². The number of carbonyl (C=O) groups is 1. The Morgan fingerprint density at radius 3 is 3.05 bits per heavy atom. The third-order valence-electron chi connectivity index (χ3n) is 3.14. The number of amides is 1. The molecule has 3 rings (SSSR count). The summed E-state index contributed by atoms with van der Waals surface area (Å²) in [6.07, 6.45) is 0.571. The number of hydrogen-bond acceptors (Lipinski definition) is 4. The zero-order chi connectivity index (χ0) is 13.1. The highest BCUT2D eigenvalue weighted by Gasteiger charge is 2.23. The number of benzene rings is 1. The molecule has 0 fully saturated rings. The second-order valence-electron chi connectivity index (χ2n) is 4.43. The van der Waals surface area contributed by atoms with E-state index in [4.69, 9.17) is 4.74 Å². The average Bonchev–Trinajstić information content (AvgIpc) is 2.93. The molecule has 0 spiro atoms. The molecule has 0 radical (unpaired) electrons. The molecule has 19 heavy (non-hydrogen) atoms. The molecule has 2 aromatic rings. The van der Waals surface area contributed by atoms with Gasteiger partial charge in [0.2, 0.25) is 0 Å². The summed E-state index contributed by atoms with van der Waals surface area (Å²) in [4.78, 5) is 19.2. The largest absolute Gasteiger partial charge is 0.445 e. The first-order valence-electron chi connectivity index (χ1n) is 6.20. The molecule has 1 amide bonds. The van der Waals surface area contributed by atoms with Crippen LogP contribution in [0, 0.1) is 0 Å². The number of aromatic nitrogens is 1. The van der Waals surface area contributed by atoms with Crippen LogP contribution in [0.3, 0.4) is 0 Å². The van der Waals surface area contributed by atoms with Crippen molar-refractivity contribution >= 4 is 17.4 Å². The Balaban J connectivity index is 1.57. The van der Waals surface area contributed by atoms with Crippen LogP contribution in [0.2, 0.25) is 0 Å². The van der Waals surface area contributed by atoms with E-state index < -0.39 is 0 Å². The van der Waals surface area contributed by atoms with Crippen molar-refractivity contribution in [2.75, 3.05) is 6.54 Å². The third-order valence-corrected chi connectivity index (χ3v) is 4.00. The van der Waals surface area contributed by atoms with E-state index >= 15 is 0 Å². The smallest absolute Gasteiger partial charge is 0.410 e. The van der Waals surface area contributed by atoms with Gasteiger partial charge in [-0.2, -0.15) is 0 Å². The molecule has 0 unspecified atom stereocenters. The van der Waals surface area contributed by atoms with Gasteiger partial charge in [-0.05, 0) is 5.56 Å². The van der Waals surface area contributed by atoms with Crippen LogP contribution < -0.4 is 0 Å². The van der Waals surface area contributed by atoms with Crippen LogP contribution in [0.5, 0.6) is 0 Å². The molecule has 2 heterocycles. The number of fused-ring (bicyclic) bond motifs is 1. The Morgan fingerprint density at radius 2 is 2.21 bits per heavy atom. The van der Waals surface area contributed by atoms with Gasteiger partial charge in [0.1, 0.15) is 6.61 Å². The molecule has 0 aliphatic carbocycles. The molecule has 1 aliphatic heterocycles. The number of nitrogens with zero attached hydrogens (tertiary/aromatic N) is 2. The van der Waals surface area contributed by atoms with E-state index in [2.05, 4.69) is 4.98 Å². The monoisotopic (exact) mass is 274 g/mol. The fourth-order valence-corrected chi connectivity index (χ4v) is 2.91. The molecule has 1 aliphatic rings. The molecular formula is C14H14N2O2S. The maximum Gasteiger partial charge on any atom is 0.410 e. The van der Waals surface area contributed by atoms with Gasteiger partial charge in [-0.15, -0.1) is 11.3 Å². The van der Waals surface area contributed by atoms with Gasteiger partial charge in [0.05, 0.1) is 17.7 Å². The van der Waals surface area contributed by atoms with Crippen molar-refractivity contribution in [2.45, 2.75) is 19.6 Å². The Kier molecular flexibility index (Phi) is 3.46. The van der Waals surface area contributed by atoms with E-state index in [-0.39, 0.29) is 6.09 Å². The van der Waals surface area contributed by atoms with Crippen molar-refractivity contribution in [2.24, 2.45) is 0 Å². The van der Waals surface area contributed by atoms with E-state index in [0.717, 1.165) is 17.7 Å². The molecule has 1 aromatic heterocycles. The molecule has 4 nitrogen and oxygen atoms in total. The summed E-state index contributed by atoms with van der Waals surface area (Å²) in [7, 11) is 0. The van der Waals surface area contributed by atoms with E-state index in [0.29, 0.717) is 19.7 Å². The lowest BCUT2D eigenvalue weighted by molar-refractivity contribution is 0.0921. The summed E-state index contributed by atoms with van der Waals surface area (Å²) in [6.45, 7) is 1.63. The van der Waals surface area contributed by atoms with Crippen molar-refractivity contribution in [1.82, 2.24) is 9.88 Å².